The highest BCUT2D eigenvalue weighted by Crippen LogP contribution is 2.45. The van der Waals surface area contributed by atoms with Gasteiger partial charge in [-0.25, -0.2) is 9.13 Å². The lowest BCUT2D eigenvalue weighted by Crippen LogP contribution is -2.30. The van der Waals surface area contributed by atoms with Gasteiger partial charge in [-0.05, 0) is 31.6 Å². The third-order valence-corrected chi connectivity index (χ3v) is 16.0. The molecule has 0 aliphatic rings. The molecule has 0 spiro atoms. The quantitative estimate of drug-likeness (QED) is 0.0222. The third kappa shape index (κ3) is 53.8. The Bertz CT molecular complexity index is 1550. The van der Waals surface area contributed by atoms with Crippen LogP contribution in [0.15, 0.2) is 0 Å². The molecule has 0 heterocycles. The standard InChI is InChI=1S/C60H116O17P2/c1-6-10-13-16-19-20-21-22-23-24-31-36-41-46-60(65)77-56(50-71-58(63)44-39-34-30-26-25-29-32-37-42-53(5)9-4)52-75-79(68,69)73-48-54(61)47-72-78(66,67)74-51-55(76-59(64)45-40-35-28-18-15-12-8-3)49-70-57(62)43-38-33-27-17-14-11-7-2/h53-56,61H,6-52H2,1-5H3,(H,66,67)(H,68,69)/t53?,54-,55+,56+/m0/s1. The first-order chi connectivity index (χ1) is 38.1. The van der Waals surface area contributed by atoms with Crippen molar-refractivity contribution in [3.8, 4) is 0 Å². The third-order valence-electron chi connectivity index (χ3n) is 14.1. The Morgan fingerprint density at radius 1 is 0.354 bits per heavy atom. The van der Waals surface area contributed by atoms with E-state index in [1.807, 2.05) is 0 Å². The van der Waals surface area contributed by atoms with Gasteiger partial charge in [0.25, 0.3) is 0 Å². The molecule has 0 rings (SSSR count). The van der Waals surface area contributed by atoms with Gasteiger partial charge in [-0.15, -0.1) is 0 Å². The largest absolute Gasteiger partial charge is 0.472 e. The number of phosphoric acid groups is 2. The Hall–Kier alpha value is -1.94. The number of carbonyl (C=O) groups excluding carboxylic acids is 4. The van der Waals surface area contributed by atoms with Crippen LogP contribution < -0.4 is 0 Å². The summed E-state index contributed by atoms with van der Waals surface area (Å²) in [5.41, 5.74) is 0. The van der Waals surface area contributed by atoms with Gasteiger partial charge in [-0.1, -0.05) is 247 Å². The number of hydrogen-bond donors (Lipinski definition) is 3. The summed E-state index contributed by atoms with van der Waals surface area (Å²) in [5, 5.41) is 10.5. The van der Waals surface area contributed by atoms with E-state index in [0.29, 0.717) is 25.7 Å². The first-order valence-corrected chi connectivity index (χ1v) is 34.7. The van der Waals surface area contributed by atoms with Crippen LogP contribution in [-0.2, 0) is 65.4 Å². The Morgan fingerprint density at radius 3 is 0.899 bits per heavy atom. The molecule has 0 fully saturated rings. The van der Waals surface area contributed by atoms with Crippen LogP contribution in [0.5, 0.6) is 0 Å². The van der Waals surface area contributed by atoms with Crippen molar-refractivity contribution in [3.63, 3.8) is 0 Å². The van der Waals surface area contributed by atoms with E-state index in [2.05, 4.69) is 34.6 Å². The summed E-state index contributed by atoms with van der Waals surface area (Å²) in [6, 6.07) is 0. The summed E-state index contributed by atoms with van der Waals surface area (Å²) < 4.78 is 67.6. The van der Waals surface area contributed by atoms with E-state index in [9.17, 15) is 43.2 Å². The predicted octanol–water partition coefficient (Wildman–Crippen LogP) is 16.2. The highest BCUT2D eigenvalue weighted by molar-refractivity contribution is 7.47. The molecule has 3 N–H and O–H groups in total. The molecule has 0 saturated carbocycles. The van der Waals surface area contributed by atoms with E-state index in [1.165, 1.54) is 96.3 Å². The van der Waals surface area contributed by atoms with Gasteiger partial charge < -0.3 is 33.8 Å². The maximum Gasteiger partial charge on any atom is 0.472 e. The smallest absolute Gasteiger partial charge is 0.462 e. The summed E-state index contributed by atoms with van der Waals surface area (Å²) in [7, 11) is -9.87. The van der Waals surface area contributed by atoms with Gasteiger partial charge in [0.1, 0.15) is 19.3 Å². The van der Waals surface area contributed by atoms with E-state index in [4.69, 9.17) is 37.0 Å². The molecule has 0 aliphatic heterocycles. The number of unbranched alkanes of at least 4 members (excludes halogenated alkanes) is 31. The van der Waals surface area contributed by atoms with Gasteiger partial charge >= 0.3 is 39.5 Å². The average molecular weight is 1170 g/mol. The van der Waals surface area contributed by atoms with Crippen molar-refractivity contribution in [2.75, 3.05) is 39.6 Å². The van der Waals surface area contributed by atoms with Gasteiger partial charge in [-0.2, -0.15) is 0 Å². The molecule has 6 atom stereocenters. The molecule has 0 aromatic rings. The van der Waals surface area contributed by atoms with E-state index in [1.54, 1.807) is 0 Å². The monoisotopic (exact) mass is 1170 g/mol. The number of esters is 4. The second-order valence-corrected chi connectivity index (χ2v) is 24.9. The maximum atomic E-state index is 12.9. The number of hydrogen-bond acceptors (Lipinski definition) is 15. The summed E-state index contributed by atoms with van der Waals surface area (Å²) in [5.74, 6) is -1.37. The molecule has 0 radical (unpaired) electrons. The second kappa shape index (κ2) is 54.0. The lowest BCUT2D eigenvalue weighted by atomic mass is 9.99. The topological polar surface area (TPSA) is 237 Å². The van der Waals surface area contributed by atoms with E-state index in [-0.39, 0.29) is 25.7 Å². The summed E-state index contributed by atoms with van der Waals surface area (Å²) >= 11 is 0. The Labute approximate surface area is 479 Å². The Balaban J connectivity index is 5.20. The summed E-state index contributed by atoms with van der Waals surface area (Å²) in [6.45, 7) is 7.08. The van der Waals surface area contributed by atoms with Crippen LogP contribution in [0, 0.1) is 5.92 Å². The lowest BCUT2D eigenvalue weighted by Gasteiger charge is -2.21. The van der Waals surface area contributed by atoms with Crippen LogP contribution in [0.2, 0.25) is 0 Å². The average Bonchev–Trinajstić information content (AvgIpc) is 3.42. The number of phosphoric ester groups is 2. The summed E-state index contributed by atoms with van der Waals surface area (Å²) in [6.07, 6.45) is 36.3. The number of aliphatic hydroxyl groups excluding tert-OH is 1. The highest BCUT2D eigenvalue weighted by atomic mass is 31.2. The molecule has 0 aliphatic carbocycles. The SMILES string of the molecule is CCCCCCCCCCCCCCCC(=O)O[C@H](COC(=O)CCCCCCCCCCC(C)CC)COP(=O)(O)OC[C@@H](O)COP(=O)(O)OC[C@@H](COC(=O)CCCCCCCCC)OC(=O)CCCCCCCCC. The molecule has 468 valence electrons. The zero-order chi connectivity index (χ0) is 58.5. The molecule has 3 unspecified atom stereocenters. The number of ether oxygens (including phenoxy) is 4. The second-order valence-electron chi connectivity index (χ2n) is 22.0. The Morgan fingerprint density at radius 2 is 0.608 bits per heavy atom. The van der Waals surface area contributed by atoms with Crippen LogP contribution in [0.3, 0.4) is 0 Å². The van der Waals surface area contributed by atoms with Crippen molar-refractivity contribution in [3.05, 3.63) is 0 Å². The van der Waals surface area contributed by atoms with Crippen molar-refractivity contribution in [1.29, 1.82) is 0 Å². The zero-order valence-electron chi connectivity index (χ0n) is 50.5. The van der Waals surface area contributed by atoms with Crippen LogP contribution in [0.4, 0.5) is 0 Å². The molecule has 17 nitrogen and oxygen atoms in total. The number of aliphatic hydroxyl groups is 1. The molecule has 19 heteroatoms. The van der Waals surface area contributed by atoms with Gasteiger partial charge in [0, 0.05) is 25.7 Å². The molecular formula is C60H116O17P2. The van der Waals surface area contributed by atoms with Crippen LogP contribution in [0.1, 0.15) is 298 Å². The molecule has 0 amide bonds. The Kier molecular flexibility index (Phi) is 52.7. The molecule has 0 bridgehead atoms. The fourth-order valence-electron chi connectivity index (χ4n) is 8.84. The molecule has 0 aromatic carbocycles. The van der Waals surface area contributed by atoms with E-state index in [0.717, 1.165) is 121 Å². The first kappa shape index (κ1) is 77.1. The van der Waals surface area contributed by atoms with E-state index < -0.39 is 97.5 Å². The first-order valence-electron chi connectivity index (χ1n) is 31.7. The van der Waals surface area contributed by atoms with Crippen LogP contribution in [-0.4, -0.2) is 96.7 Å². The van der Waals surface area contributed by atoms with Gasteiger partial charge in [0.05, 0.1) is 26.4 Å². The normalized spacial score (nSPS) is 14.7. The predicted molar refractivity (Wildman–Crippen MR) is 312 cm³/mol. The minimum absolute atomic E-state index is 0.103. The van der Waals surface area contributed by atoms with Crippen molar-refractivity contribution in [1.82, 2.24) is 0 Å². The zero-order valence-corrected chi connectivity index (χ0v) is 52.3. The molecule has 0 aromatic heterocycles. The van der Waals surface area contributed by atoms with E-state index >= 15 is 0 Å². The minimum Gasteiger partial charge on any atom is -0.462 e. The minimum atomic E-state index is -4.94. The molecule has 79 heavy (non-hydrogen) atoms. The van der Waals surface area contributed by atoms with Crippen molar-refractivity contribution < 1.29 is 80.2 Å². The fourth-order valence-corrected chi connectivity index (χ4v) is 10.4. The van der Waals surface area contributed by atoms with Crippen LogP contribution >= 0.6 is 15.6 Å². The summed E-state index contributed by atoms with van der Waals surface area (Å²) in [4.78, 5) is 71.8. The lowest BCUT2D eigenvalue weighted by molar-refractivity contribution is -0.161. The van der Waals surface area contributed by atoms with Crippen molar-refractivity contribution in [2.45, 2.75) is 316 Å². The maximum absolute atomic E-state index is 12.9. The molecular weight excluding hydrogens is 1050 g/mol. The van der Waals surface area contributed by atoms with Crippen molar-refractivity contribution in [2.24, 2.45) is 5.92 Å². The van der Waals surface area contributed by atoms with Gasteiger partial charge in [0.15, 0.2) is 12.2 Å². The van der Waals surface area contributed by atoms with Crippen molar-refractivity contribution >= 4 is 39.5 Å². The fraction of sp³-hybridized carbons (Fsp3) is 0.933. The van der Waals surface area contributed by atoms with Gasteiger partial charge in [-0.3, -0.25) is 37.3 Å². The highest BCUT2D eigenvalue weighted by Gasteiger charge is 2.30. The number of rotatable bonds is 60. The van der Waals surface area contributed by atoms with Crippen LogP contribution in [0.25, 0.3) is 0 Å². The van der Waals surface area contributed by atoms with Gasteiger partial charge in [0.2, 0.25) is 0 Å². The molecule has 0 saturated heterocycles. The number of carbonyl (C=O) groups is 4.